The Morgan fingerprint density at radius 3 is 2.28 bits per heavy atom. The maximum Gasteiger partial charge on any atom is 0.331 e. The minimum atomic E-state index is -0.451. The van der Waals surface area contributed by atoms with Crippen molar-refractivity contribution < 1.29 is 23.7 Å². The SMILES string of the molecule is COc1cc(OC)c(OC)cc1/C=C/C(=O)OCc1ccccc1Br. The van der Waals surface area contributed by atoms with Crippen molar-refractivity contribution in [3.63, 3.8) is 0 Å². The third kappa shape index (κ3) is 5.00. The highest BCUT2D eigenvalue weighted by atomic mass is 79.9. The van der Waals surface area contributed by atoms with Crippen molar-refractivity contribution in [2.75, 3.05) is 21.3 Å². The molecule has 0 spiro atoms. The van der Waals surface area contributed by atoms with Gasteiger partial charge < -0.3 is 18.9 Å². The zero-order chi connectivity index (χ0) is 18.2. The first-order valence-corrected chi connectivity index (χ1v) is 8.26. The molecule has 2 aromatic rings. The molecule has 2 aromatic carbocycles. The number of hydrogen-bond acceptors (Lipinski definition) is 5. The van der Waals surface area contributed by atoms with Crippen LogP contribution in [0.1, 0.15) is 11.1 Å². The molecule has 5 nitrogen and oxygen atoms in total. The summed E-state index contributed by atoms with van der Waals surface area (Å²) in [6.45, 7) is 0.188. The fourth-order valence-corrected chi connectivity index (χ4v) is 2.55. The highest BCUT2D eigenvalue weighted by Gasteiger charge is 2.10. The van der Waals surface area contributed by atoms with E-state index < -0.39 is 5.97 Å². The summed E-state index contributed by atoms with van der Waals surface area (Å²) < 4.78 is 22.0. The van der Waals surface area contributed by atoms with Crippen molar-refractivity contribution >= 4 is 28.0 Å². The molecule has 132 valence electrons. The van der Waals surface area contributed by atoms with Crippen LogP contribution in [0.3, 0.4) is 0 Å². The van der Waals surface area contributed by atoms with Crippen LogP contribution < -0.4 is 14.2 Å². The quantitative estimate of drug-likeness (QED) is 0.508. The van der Waals surface area contributed by atoms with Crippen molar-refractivity contribution in [3.8, 4) is 17.2 Å². The average molecular weight is 407 g/mol. The highest BCUT2D eigenvalue weighted by molar-refractivity contribution is 9.10. The zero-order valence-corrected chi connectivity index (χ0v) is 15.8. The molecule has 2 rings (SSSR count). The summed E-state index contributed by atoms with van der Waals surface area (Å²) in [6.07, 6.45) is 2.96. The minimum Gasteiger partial charge on any atom is -0.496 e. The summed E-state index contributed by atoms with van der Waals surface area (Å²) >= 11 is 3.42. The highest BCUT2D eigenvalue weighted by Crippen LogP contribution is 2.35. The van der Waals surface area contributed by atoms with Gasteiger partial charge in [0.25, 0.3) is 0 Å². The lowest BCUT2D eigenvalue weighted by Crippen LogP contribution is -2.01. The van der Waals surface area contributed by atoms with Gasteiger partial charge in [-0.2, -0.15) is 0 Å². The van der Waals surface area contributed by atoms with Gasteiger partial charge in [-0.25, -0.2) is 4.79 Å². The summed E-state index contributed by atoms with van der Waals surface area (Å²) in [5, 5.41) is 0. The summed E-state index contributed by atoms with van der Waals surface area (Å²) in [5.74, 6) is 1.21. The lowest BCUT2D eigenvalue weighted by atomic mass is 10.1. The van der Waals surface area contributed by atoms with Crippen molar-refractivity contribution in [1.82, 2.24) is 0 Å². The van der Waals surface area contributed by atoms with Gasteiger partial charge in [-0.1, -0.05) is 34.1 Å². The Hall–Kier alpha value is -2.47. The number of benzene rings is 2. The van der Waals surface area contributed by atoms with Crippen LogP contribution >= 0.6 is 15.9 Å². The molecule has 0 amide bonds. The molecule has 0 radical (unpaired) electrons. The third-order valence-corrected chi connectivity index (χ3v) is 4.24. The van der Waals surface area contributed by atoms with E-state index in [1.165, 1.54) is 6.08 Å². The first-order valence-electron chi connectivity index (χ1n) is 7.47. The molecule has 25 heavy (non-hydrogen) atoms. The standard InChI is InChI=1S/C19H19BrO5/c1-22-16-11-18(24-3)17(23-2)10-13(16)8-9-19(21)25-12-14-6-4-5-7-15(14)20/h4-11H,12H2,1-3H3/b9-8+. The monoisotopic (exact) mass is 406 g/mol. The van der Waals surface area contributed by atoms with Crippen LogP contribution in [-0.2, 0) is 16.1 Å². The minimum absolute atomic E-state index is 0.188. The summed E-state index contributed by atoms with van der Waals surface area (Å²) in [6, 6.07) is 11.0. The van der Waals surface area contributed by atoms with Gasteiger partial charge in [0.05, 0.1) is 21.3 Å². The number of carbonyl (C=O) groups is 1. The van der Waals surface area contributed by atoms with Crippen LogP contribution in [-0.4, -0.2) is 27.3 Å². The smallest absolute Gasteiger partial charge is 0.331 e. The number of carbonyl (C=O) groups excluding carboxylic acids is 1. The Labute approximate surface area is 155 Å². The Morgan fingerprint density at radius 1 is 1.00 bits per heavy atom. The van der Waals surface area contributed by atoms with E-state index in [2.05, 4.69) is 15.9 Å². The third-order valence-electron chi connectivity index (χ3n) is 3.46. The molecule has 0 aliphatic heterocycles. The van der Waals surface area contributed by atoms with Crippen molar-refractivity contribution in [2.45, 2.75) is 6.61 Å². The summed E-state index contributed by atoms with van der Waals surface area (Å²) in [4.78, 5) is 12.0. The van der Waals surface area contributed by atoms with Crippen LogP contribution in [0.25, 0.3) is 6.08 Å². The zero-order valence-electron chi connectivity index (χ0n) is 14.2. The van der Waals surface area contributed by atoms with Gasteiger partial charge in [0.2, 0.25) is 0 Å². The van der Waals surface area contributed by atoms with Crippen LogP contribution in [0.2, 0.25) is 0 Å². The van der Waals surface area contributed by atoms with Gasteiger partial charge in [0, 0.05) is 27.7 Å². The number of esters is 1. The van der Waals surface area contributed by atoms with Crippen molar-refractivity contribution in [2.24, 2.45) is 0 Å². The number of halogens is 1. The maximum absolute atomic E-state index is 12.0. The van der Waals surface area contributed by atoms with Crippen molar-refractivity contribution in [1.29, 1.82) is 0 Å². The van der Waals surface area contributed by atoms with Gasteiger partial charge in [-0.3, -0.25) is 0 Å². The molecular weight excluding hydrogens is 388 g/mol. The first-order chi connectivity index (χ1) is 12.1. The largest absolute Gasteiger partial charge is 0.496 e. The van der Waals surface area contributed by atoms with Crippen LogP contribution in [0.5, 0.6) is 17.2 Å². The van der Waals surface area contributed by atoms with Gasteiger partial charge in [-0.15, -0.1) is 0 Å². The van der Waals surface area contributed by atoms with E-state index in [0.717, 1.165) is 10.0 Å². The molecule has 0 saturated carbocycles. The lowest BCUT2D eigenvalue weighted by molar-refractivity contribution is -0.138. The van der Waals surface area contributed by atoms with Crippen LogP contribution in [0.15, 0.2) is 46.9 Å². The predicted octanol–water partition coefficient (Wildman–Crippen LogP) is 4.23. The van der Waals surface area contributed by atoms with Gasteiger partial charge >= 0.3 is 5.97 Å². The van der Waals surface area contributed by atoms with Crippen molar-refractivity contribution in [3.05, 3.63) is 58.1 Å². The molecule has 0 aromatic heterocycles. The second-order valence-electron chi connectivity index (χ2n) is 4.98. The second kappa shape index (κ2) is 9.13. The molecule has 0 saturated heterocycles. The predicted molar refractivity (Wildman–Crippen MR) is 99.1 cm³/mol. The van der Waals surface area contributed by atoms with E-state index in [0.29, 0.717) is 22.8 Å². The van der Waals surface area contributed by atoms with Gasteiger partial charge in [0.15, 0.2) is 11.5 Å². The maximum atomic E-state index is 12.0. The van der Waals surface area contributed by atoms with E-state index in [4.69, 9.17) is 18.9 Å². The molecule has 0 unspecified atom stereocenters. The Kier molecular flexibility index (Phi) is 6.89. The van der Waals surface area contributed by atoms with E-state index in [9.17, 15) is 4.79 Å². The average Bonchev–Trinajstić information content (AvgIpc) is 2.64. The lowest BCUT2D eigenvalue weighted by Gasteiger charge is -2.12. The number of methoxy groups -OCH3 is 3. The van der Waals surface area contributed by atoms with E-state index in [1.807, 2.05) is 24.3 Å². The fraction of sp³-hybridized carbons (Fsp3) is 0.211. The van der Waals surface area contributed by atoms with Crippen LogP contribution in [0, 0.1) is 0 Å². The van der Waals surface area contributed by atoms with Gasteiger partial charge in [0.1, 0.15) is 12.4 Å². The van der Waals surface area contributed by atoms with Gasteiger partial charge in [-0.05, 0) is 18.2 Å². The Morgan fingerprint density at radius 2 is 1.64 bits per heavy atom. The number of rotatable bonds is 7. The van der Waals surface area contributed by atoms with E-state index in [1.54, 1.807) is 39.5 Å². The topological polar surface area (TPSA) is 54.0 Å². The molecule has 0 atom stereocenters. The fourth-order valence-electron chi connectivity index (χ4n) is 2.15. The number of hydrogen-bond donors (Lipinski definition) is 0. The molecule has 0 fully saturated rings. The molecule has 0 aliphatic rings. The molecule has 0 N–H and O–H groups in total. The Balaban J connectivity index is 2.10. The molecular formula is C19H19BrO5. The van der Waals surface area contributed by atoms with Crippen LogP contribution in [0.4, 0.5) is 0 Å². The summed E-state index contributed by atoms with van der Waals surface area (Å²) in [7, 11) is 4.64. The first kappa shape index (κ1) is 18.9. The molecule has 6 heteroatoms. The molecule has 0 bridgehead atoms. The molecule has 0 heterocycles. The normalized spacial score (nSPS) is 10.6. The number of ether oxygens (including phenoxy) is 4. The second-order valence-corrected chi connectivity index (χ2v) is 5.84. The van der Waals surface area contributed by atoms with E-state index >= 15 is 0 Å². The summed E-state index contributed by atoms with van der Waals surface area (Å²) in [5.41, 5.74) is 1.57. The molecule has 0 aliphatic carbocycles. The van der Waals surface area contributed by atoms with E-state index in [-0.39, 0.29) is 6.61 Å². The Bertz CT molecular complexity index is 770.